The van der Waals surface area contributed by atoms with Crippen LogP contribution in [0.4, 0.5) is 5.69 Å². The van der Waals surface area contributed by atoms with Gasteiger partial charge in [-0.2, -0.15) is 0 Å². The van der Waals surface area contributed by atoms with Crippen molar-refractivity contribution in [3.63, 3.8) is 0 Å². The first-order chi connectivity index (χ1) is 11.3. The lowest BCUT2D eigenvalue weighted by atomic mass is 10.3. The fourth-order valence-electron chi connectivity index (χ4n) is 2.34. The summed E-state index contributed by atoms with van der Waals surface area (Å²) in [4.78, 5) is 22.4. The van der Waals surface area contributed by atoms with Crippen molar-refractivity contribution in [2.45, 2.75) is 0 Å². The van der Waals surface area contributed by atoms with Crippen LogP contribution in [0, 0.1) is 0 Å². The van der Waals surface area contributed by atoms with Gasteiger partial charge in [0.2, 0.25) is 0 Å². The molecule has 0 aliphatic rings. The molecule has 0 aliphatic carbocycles. The molecule has 0 spiro atoms. The van der Waals surface area contributed by atoms with Gasteiger partial charge < -0.3 is 5.32 Å². The van der Waals surface area contributed by atoms with Crippen LogP contribution in [0.1, 0.15) is 9.67 Å². The molecule has 0 radical (unpaired) electrons. The fourth-order valence-corrected chi connectivity index (χ4v) is 3.24. The Morgan fingerprint density at radius 1 is 1.09 bits per heavy atom. The number of hydrogen-bond donors (Lipinski definition) is 1. The van der Waals surface area contributed by atoms with Gasteiger partial charge in [0.05, 0.1) is 27.8 Å². The second-order valence-corrected chi connectivity index (χ2v) is 6.02. The topological polar surface area (TPSA) is 59.3 Å². The normalized spacial score (nSPS) is 10.8. The minimum absolute atomic E-state index is 0.108. The largest absolute Gasteiger partial charge is 0.321 e. The van der Waals surface area contributed by atoms with Crippen LogP contribution in [0.15, 0.2) is 67.3 Å². The minimum atomic E-state index is -0.108. The summed E-state index contributed by atoms with van der Waals surface area (Å²) in [6.45, 7) is 0. The lowest BCUT2D eigenvalue weighted by molar-refractivity contribution is 0.103. The maximum absolute atomic E-state index is 12.3. The molecule has 1 N–H and O–H groups in total. The van der Waals surface area contributed by atoms with Gasteiger partial charge in [-0.15, -0.1) is 11.3 Å². The third-order valence-corrected chi connectivity index (χ3v) is 4.54. The molecule has 4 aromatic rings. The van der Waals surface area contributed by atoms with Gasteiger partial charge >= 0.3 is 0 Å². The van der Waals surface area contributed by atoms with E-state index in [1.165, 1.54) is 11.3 Å². The molecule has 3 heterocycles. The molecule has 1 amide bonds. The Kier molecular flexibility index (Phi) is 3.36. The number of hydrogen-bond acceptors (Lipinski definition) is 4. The third kappa shape index (κ3) is 2.60. The predicted molar refractivity (Wildman–Crippen MR) is 90.7 cm³/mol. The molecule has 112 valence electrons. The Labute approximate surface area is 136 Å². The summed E-state index contributed by atoms with van der Waals surface area (Å²) in [6.07, 6.45) is 7.08. The zero-order valence-corrected chi connectivity index (χ0v) is 12.8. The van der Waals surface area contributed by atoms with Gasteiger partial charge in [0.25, 0.3) is 5.91 Å². The Morgan fingerprint density at radius 2 is 1.96 bits per heavy atom. The second kappa shape index (κ2) is 5.66. The minimum Gasteiger partial charge on any atom is -0.321 e. The number of anilines is 1. The van der Waals surface area contributed by atoms with E-state index in [0.29, 0.717) is 4.88 Å². The van der Waals surface area contributed by atoms with E-state index in [9.17, 15) is 4.79 Å². The maximum atomic E-state index is 12.3. The summed E-state index contributed by atoms with van der Waals surface area (Å²) in [5, 5.41) is 2.89. The van der Waals surface area contributed by atoms with Crippen LogP contribution in [0.25, 0.3) is 16.2 Å². The summed E-state index contributed by atoms with van der Waals surface area (Å²) in [5.74, 6) is -0.108. The predicted octanol–water partition coefficient (Wildman–Crippen LogP) is 3.71. The molecule has 0 atom stereocenters. The van der Waals surface area contributed by atoms with Crippen molar-refractivity contribution < 1.29 is 4.79 Å². The Hall–Kier alpha value is -2.99. The summed E-state index contributed by atoms with van der Waals surface area (Å²) in [6, 6.07) is 13.2. The number of aromatic nitrogens is 3. The van der Waals surface area contributed by atoms with Crippen LogP contribution in [0.3, 0.4) is 0 Å². The van der Waals surface area contributed by atoms with Crippen LogP contribution in [0.2, 0.25) is 0 Å². The quantitative estimate of drug-likeness (QED) is 0.626. The molecule has 6 heteroatoms. The fraction of sp³-hybridized carbons (Fsp3) is 0. The Morgan fingerprint density at radius 3 is 2.83 bits per heavy atom. The van der Waals surface area contributed by atoms with E-state index in [0.717, 1.165) is 21.9 Å². The monoisotopic (exact) mass is 320 g/mol. The molecule has 5 nitrogen and oxygen atoms in total. The first-order valence-corrected chi connectivity index (χ1v) is 7.86. The number of nitrogens with one attached hydrogen (secondary N) is 1. The number of amides is 1. The summed E-state index contributed by atoms with van der Waals surface area (Å²) in [5.41, 5.74) is 2.52. The SMILES string of the molecule is O=C(Nc1ccccc1)c1ccc(-c2cnc3cnccn23)s1. The maximum Gasteiger partial charge on any atom is 0.265 e. The van der Waals surface area contributed by atoms with Gasteiger partial charge in [-0.05, 0) is 24.3 Å². The lowest BCUT2D eigenvalue weighted by Crippen LogP contribution is -2.09. The molecular weight excluding hydrogens is 308 g/mol. The highest BCUT2D eigenvalue weighted by atomic mass is 32.1. The lowest BCUT2D eigenvalue weighted by Gasteiger charge is -2.02. The zero-order valence-electron chi connectivity index (χ0n) is 12.0. The summed E-state index contributed by atoms with van der Waals surface area (Å²) in [7, 11) is 0. The van der Waals surface area contributed by atoms with E-state index in [-0.39, 0.29) is 5.91 Å². The van der Waals surface area contributed by atoms with Gasteiger partial charge in [-0.1, -0.05) is 18.2 Å². The average Bonchev–Trinajstić information content (AvgIpc) is 3.22. The molecule has 0 aliphatic heterocycles. The number of nitrogens with zero attached hydrogens (tertiary/aromatic N) is 3. The third-order valence-electron chi connectivity index (χ3n) is 3.43. The standard InChI is InChI=1S/C17H12N4OS/c22-17(20-12-4-2-1-3-5-12)15-7-6-14(23-15)13-10-19-16-11-18-8-9-21(13)16/h1-11H,(H,20,22). The van der Waals surface area contributed by atoms with E-state index in [1.54, 1.807) is 18.6 Å². The molecule has 0 bridgehead atoms. The number of carbonyl (C=O) groups is 1. The molecule has 0 saturated heterocycles. The first kappa shape index (κ1) is 13.7. The van der Waals surface area contributed by atoms with E-state index in [2.05, 4.69) is 15.3 Å². The van der Waals surface area contributed by atoms with E-state index < -0.39 is 0 Å². The molecule has 3 aromatic heterocycles. The molecule has 0 saturated carbocycles. The summed E-state index contributed by atoms with van der Waals surface area (Å²) < 4.78 is 1.96. The number of carbonyl (C=O) groups excluding carboxylic acids is 1. The molecular formula is C17H12N4OS. The Bertz CT molecular complexity index is 974. The van der Waals surface area contributed by atoms with Crippen LogP contribution in [0.5, 0.6) is 0 Å². The van der Waals surface area contributed by atoms with Crippen molar-refractivity contribution in [3.8, 4) is 10.6 Å². The van der Waals surface area contributed by atoms with Crippen molar-refractivity contribution in [2.75, 3.05) is 5.32 Å². The molecule has 0 unspecified atom stereocenters. The van der Waals surface area contributed by atoms with E-state index in [4.69, 9.17) is 0 Å². The van der Waals surface area contributed by atoms with Crippen molar-refractivity contribution >= 4 is 28.6 Å². The van der Waals surface area contributed by atoms with Gasteiger partial charge in [0.1, 0.15) is 0 Å². The molecule has 1 aromatic carbocycles. The highest BCUT2D eigenvalue weighted by Gasteiger charge is 2.13. The molecule has 0 fully saturated rings. The van der Waals surface area contributed by atoms with E-state index >= 15 is 0 Å². The second-order valence-electron chi connectivity index (χ2n) is 4.93. The van der Waals surface area contributed by atoms with Gasteiger partial charge in [0.15, 0.2) is 5.65 Å². The van der Waals surface area contributed by atoms with Gasteiger partial charge in [-0.25, -0.2) is 4.98 Å². The average molecular weight is 320 g/mol. The molecule has 4 rings (SSSR count). The number of benzene rings is 1. The van der Waals surface area contributed by atoms with Crippen LogP contribution < -0.4 is 5.32 Å². The number of rotatable bonds is 3. The number of imidazole rings is 1. The summed E-state index contributed by atoms with van der Waals surface area (Å²) >= 11 is 1.44. The smallest absolute Gasteiger partial charge is 0.265 e. The highest BCUT2D eigenvalue weighted by molar-refractivity contribution is 7.17. The number of fused-ring (bicyclic) bond motifs is 1. The van der Waals surface area contributed by atoms with Crippen molar-refractivity contribution in [2.24, 2.45) is 0 Å². The van der Waals surface area contributed by atoms with Crippen LogP contribution >= 0.6 is 11.3 Å². The zero-order chi connectivity index (χ0) is 15.6. The van der Waals surface area contributed by atoms with Crippen molar-refractivity contribution in [1.82, 2.24) is 14.4 Å². The Balaban J connectivity index is 1.63. The first-order valence-electron chi connectivity index (χ1n) is 7.05. The van der Waals surface area contributed by atoms with Crippen molar-refractivity contribution in [3.05, 3.63) is 72.1 Å². The van der Waals surface area contributed by atoms with Crippen LogP contribution in [-0.4, -0.2) is 20.3 Å². The molecule has 23 heavy (non-hydrogen) atoms. The van der Waals surface area contributed by atoms with Crippen LogP contribution in [-0.2, 0) is 0 Å². The highest BCUT2D eigenvalue weighted by Crippen LogP contribution is 2.29. The number of para-hydroxylation sites is 1. The van der Waals surface area contributed by atoms with E-state index in [1.807, 2.05) is 53.1 Å². The van der Waals surface area contributed by atoms with Gasteiger partial charge in [-0.3, -0.25) is 14.2 Å². The van der Waals surface area contributed by atoms with Gasteiger partial charge in [0, 0.05) is 18.1 Å². The van der Waals surface area contributed by atoms with Crippen molar-refractivity contribution in [1.29, 1.82) is 0 Å². The number of thiophene rings is 1.